The normalized spacial score (nSPS) is 23.8. The van der Waals surface area contributed by atoms with Crippen molar-refractivity contribution in [2.45, 2.75) is 36.7 Å². The predicted octanol–water partition coefficient (Wildman–Crippen LogP) is 1.93. The Labute approximate surface area is 220 Å². The molecule has 0 bridgehead atoms. The molecule has 2 aliphatic carbocycles. The molecule has 0 spiro atoms. The summed E-state index contributed by atoms with van der Waals surface area (Å²) < 4.78 is 45.2. The molecule has 3 heterocycles. The minimum Gasteiger partial charge on any atom is -0.407 e. The number of primary amides is 1. The largest absolute Gasteiger partial charge is 0.572 e. The highest BCUT2D eigenvalue weighted by molar-refractivity contribution is 7.14. The van der Waals surface area contributed by atoms with E-state index < -0.39 is 35.0 Å². The van der Waals surface area contributed by atoms with Crippen LogP contribution in [0.15, 0.2) is 47.9 Å². The van der Waals surface area contributed by atoms with Crippen molar-refractivity contribution in [1.29, 1.82) is 0 Å². The molecule has 1 saturated heterocycles. The SMILES string of the molecule is CN1CCN(C2(C(=O)NC3(c4nnc(-c5ccccn5)s4)CC(C(N)=O)=CC=C3OC(F)(F)F)CC2)CC1. The molecule has 0 radical (unpaired) electrons. The third-order valence-corrected chi connectivity index (χ3v) is 8.22. The Balaban J connectivity index is 1.57. The van der Waals surface area contributed by atoms with Gasteiger partial charge < -0.3 is 20.7 Å². The third-order valence-electron chi connectivity index (χ3n) is 7.11. The monoisotopic (exact) mass is 549 g/mol. The van der Waals surface area contributed by atoms with Crippen molar-refractivity contribution in [3.63, 3.8) is 0 Å². The molecule has 3 aliphatic rings. The highest BCUT2D eigenvalue weighted by Gasteiger charge is 2.58. The van der Waals surface area contributed by atoms with Crippen LogP contribution >= 0.6 is 11.3 Å². The van der Waals surface area contributed by atoms with Crippen LogP contribution in [0.4, 0.5) is 13.2 Å². The Morgan fingerprint density at radius 2 is 1.87 bits per heavy atom. The van der Waals surface area contributed by atoms with E-state index in [1.165, 1.54) is 6.08 Å². The van der Waals surface area contributed by atoms with Crippen molar-refractivity contribution < 1.29 is 27.5 Å². The minimum atomic E-state index is -5.07. The fraction of sp³-hybridized carbons (Fsp3) is 0.458. The summed E-state index contributed by atoms with van der Waals surface area (Å²) in [6, 6.07) is 5.13. The van der Waals surface area contributed by atoms with Gasteiger partial charge in [-0.2, -0.15) is 0 Å². The molecule has 1 atom stereocenters. The molecule has 2 fully saturated rings. The van der Waals surface area contributed by atoms with Gasteiger partial charge in [-0.25, -0.2) is 0 Å². The van der Waals surface area contributed by atoms with Gasteiger partial charge in [-0.3, -0.25) is 19.5 Å². The van der Waals surface area contributed by atoms with E-state index in [0.29, 0.717) is 36.6 Å². The molecule has 0 aromatic carbocycles. The number of nitrogens with two attached hydrogens (primary N) is 1. The predicted molar refractivity (Wildman–Crippen MR) is 131 cm³/mol. The van der Waals surface area contributed by atoms with E-state index in [9.17, 15) is 22.8 Å². The smallest absolute Gasteiger partial charge is 0.407 e. The van der Waals surface area contributed by atoms with Gasteiger partial charge >= 0.3 is 6.36 Å². The number of amides is 2. The summed E-state index contributed by atoms with van der Waals surface area (Å²) in [4.78, 5) is 34.5. The zero-order chi connectivity index (χ0) is 27.1. The van der Waals surface area contributed by atoms with Gasteiger partial charge in [0.1, 0.15) is 17.0 Å². The van der Waals surface area contributed by atoms with E-state index in [1.807, 2.05) is 7.05 Å². The highest BCUT2D eigenvalue weighted by atomic mass is 32.1. The summed E-state index contributed by atoms with van der Waals surface area (Å²) in [5, 5.41) is 11.5. The maximum atomic E-state index is 13.9. The summed E-state index contributed by atoms with van der Waals surface area (Å²) in [5.74, 6) is -1.92. The van der Waals surface area contributed by atoms with Crippen LogP contribution in [0.1, 0.15) is 24.3 Å². The molecular formula is C24H26F3N7O3S. The molecule has 2 aromatic heterocycles. The number of piperazine rings is 1. The number of aromatic nitrogens is 3. The van der Waals surface area contributed by atoms with E-state index in [-0.39, 0.29) is 17.0 Å². The molecule has 5 rings (SSSR count). The van der Waals surface area contributed by atoms with Crippen LogP contribution in [0, 0.1) is 0 Å². The number of hydrogen-bond donors (Lipinski definition) is 2. The summed E-state index contributed by atoms with van der Waals surface area (Å²) in [7, 11) is 1.99. The Bertz CT molecular complexity index is 1280. The van der Waals surface area contributed by atoms with Crippen molar-refractivity contribution in [3.05, 3.63) is 52.9 Å². The number of carbonyl (C=O) groups excluding carboxylic acids is 2. The van der Waals surface area contributed by atoms with Crippen molar-refractivity contribution in [3.8, 4) is 10.7 Å². The zero-order valence-electron chi connectivity index (χ0n) is 20.5. The molecule has 2 amide bonds. The fourth-order valence-corrected chi connectivity index (χ4v) is 5.81. The fourth-order valence-electron chi connectivity index (χ4n) is 4.84. The number of nitrogens with one attached hydrogen (secondary N) is 1. The van der Waals surface area contributed by atoms with Gasteiger partial charge in [-0.05, 0) is 38.1 Å². The number of allylic oxidation sites excluding steroid dienone is 2. The molecule has 2 aromatic rings. The van der Waals surface area contributed by atoms with Gasteiger partial charge in [0.05, 0.1) is 0 Å². The average molecular weight is 550 g/mol. The average Bonchev–Trinajstić information content (AvgIpc) is 3.54. The summed E-state index contributed by atoms with van der Waals surface area (Å²) >= 11 is 0.957. The maximum Gasteiger partial charge on any atom is 0.572 e. The minimum absolute atomic E-state index is 0.0128. The van der Waals surface area contributed by atoms with E-state index in [0.717, 1.165) is 30.5 Å². The van der Waals surface area contributed by atoms with Crippen LogP contribution in [-0.2, 0) is 19.9 Å². The summed E-state index contributed by atoms with van der Waals surface area (Å²) in [6.07, 6.45) is -0.601. The zero-order valence-corrected chi connectivity index (χ0v) is 21.3. The molecule has 10 nitrogen and oxygen atoms in total. The van der Waals surface area contributed by atoms with Crippen molar-refractivity contribution in [2.24, 2.45) is 5.73 Å². The number of likely N-dealkylation sites (N-methyl/N-ethyl adjacent to an activating group) is 1. The van der Waals surface area contributed by atoms with E-state index in [4.69, 9.17) is 5.73 Å². The first-order chi connectivity index (χ1) is 18.0. The first-order valence-corrected chi connectivity index (χ1v) is 12.8. The van der Waals surface area contributed by atoms with Gasteiger partial charge in [0, 0.05) is 44.4 Å². The highest BCUT2D eigenvalue weighted by Crippen LogP contribution is 2.47. The van der Waals surface area contributed by atoms with Crippen LogP contribution in [0.3, 0.4) is 0 Å². The van der Waals surface area contributed by atoms with Gasteiger partial charge in [0.2, 0.25) is 11.8 Å². The maximum absolute atomic E-state index is 13.9. The number of ether oxygens (including phenoxy) is 1. The van der Waals surface area contributed by atoms with Crippen molar-refractivity contribution in [2.75, 3.05) is 33.2 Å². The van der Waals surface area contributed by atoms with Gasteiger partial charge in [0.25, 0.3) is 0 Å². The van der Waals surface area contributed by atoms with Gasteiger partial charge in [0.15, 0.2) is 15.6 Å². The lowest BCUT2D eigenvalue weighted by atomic mass is 9.84. The second-order valence-corrected chi connectivity index (χ2v) is 10.6. The third kappa shape index (κ3) is 5.02. The molecule has 14 heteroatoms. The number of halogens is 3. The van der Waals surface area contributed by atoms with Crippen LogP contribution in [0.25, 0.3) is 10.7 Å². The lowest BCUT2D eigenvalue weighted by Crippen LogP contribution is -2.60. The van der Waals surface area contributed by atoms with E-state index in [1.54, 1.807) is 24.4 Å². The molecule has 38 heavy (non-hydrogen) atoms. The Hall–Kier alpha value is -3.36. The Kier molecular flexibility index (Phi) is 6.73. The van der Waals surface area contributed by atoms with Crippen LogP contribution in [-0.4, -0.2) is 81.9 Å². The van der Waals surface area contributed by atoms with E-state index >= 15 is 0 Å². The number of rotatable bonds is 7. The molecule has 1 unspecified atom stereocenters. The Morgan fingerprint density at radius 3 is 2.47 bits per heavy atom. The molecule has 3 N–H and O–H groups in total. The quantitative estimate of drug-likeness (QED) is 0.537. The van der Waals surface area contributed by atoms with Crippen LogP contribution in [0.5, 0.6) is 0 Å². The van der Waals surface area contributed by atoms with Crippen LogP contribution in [0.2, 0.25) is 0 Å². The standard InChI is InChI=1S/C24H26F3N7O3S/c1-33-10-12-34(13-11-33)22(7-8-22)20(36)30-23(21-32-31-19(38-21)16-4-2-3-9-29-16)14-15(18(28)35)5-6-17(23)37-24(25,26)27/h2-6,9H,7-8,10-14H2,1H3,(H2,28,35)(H,30,36). The Morgan fingerprint density at radius 1 is 1.13 bits per heavy atom. The first-order valence-electron chi connectivity index (χ1n) is 12.0. The summed E-state index contributed by atoms with van der Waals surface area (Å²) in [5.41, 5.74) is 3.17. The number of pyridine rings is 1. The van der Waals surface area contributed by atoms with Crippen molar-refractivity contribution >= 4 is 23.2 Å². The second-order valence-electron chi connectivity index (χ2n) is 9.62. The number of nitrogens with zero attached hydrogens (tertiary/aromatic N) is 5. The second kappa shape index (κ2) is 9.75. The molecular weight excluding hydrogens is 523 g/mol. The molecule has 1 saturated carbocycles. The van der Waals surface area contributed by atoms with Gasteiger partial charge in [-0.15, -0.1) is 23.4 Å². The van der Waals surface area contributed by atoms with Gasteiger partial charge in [-0.1, -0.05) is 23.5 Å². The van der Waals surface area contributed by atoms with Crippen LogP contribution < -0.4 is 11.1 Å². The number of hydrogen-bond acceptors (Lipinski definition) is 9. The first kappa shape index (κ1) is 26.3. The topological polar surface area (TPSA) is 127 Å². The lowest BCUT2D eigenvalue weighted by Gasteiger charge is -2.41. The lowest BCUT2D eigenvalue weighted by molar-refractivity contribution is -0.310. The summed E-state index contributed by atoms with van der Waals surface area (Å²) in [6.45, 7) is 2.82. The number of carbonyl (C=O) groups is 2. The molecule has 1 aliphatic heterocycles. The van der Waals surface area contributed by atoms with E-state index in [2.05, 4.69) is 35.0 Å². The molecule has 202 valence electrons. The van der Waals surface area contributed by atoms with Crippen molar-refractivity contribution in [1.82, 2.24) is 30.3 Å². The number of alkyl halides is 3.